The number of anilines is 3. The third-order valence-electron chi connectivity index (χ3n) is 5.29. The van der Waals surface area contributed by atoms with Gasteiger partial charge >= 0.3 is 5.69 Å². The molecule has 0 saturated carbocycles. The van der Waals surface area contributed by atoms with Crippen molar-refractivity contribution in [3.05, 3.63) is 76.5 Å². The van der Waals surface area contributed by atoms with E-state index in [0.717, 1.165) is 11.1 Å². The van der Waals surface area contributed by atoms with Crippen LogP contribution in [-0.2, 0) is 13.1 Å². The molecule has 1 aliphatic rings. The standard InChI is InChI=1S/C21H20N8O3/c30-21-25-18-17-19(28(12-24-17)10-14-5-1-2-7-16(14)27-32)22-11-23-20(18)29(21)9-13-4-3-6-15(8-13)26-31/h1-8,11-12,26-27,31-32H,9-10H2,(H,22,23)(H,25,30). The number of aromatic nitrogens is 4. The normalized spacial score (nSPS) is 11.9. The molecular weight excluding hydrogens is 412 g/mol. The zero-order chi connectivity index (χ0) is 22.1. The Bertz CT molecular complexity index is 1370. The monoisotopic (exact) mass is 432 g/mol. The molecule has 32 heavy (non-hydrogen) atoms. The first-order valence-electron chi connectivity index (χ1n) is 9.82. The number of imidazole rings is 2. The summed E-state index contributed by atoms with van der Waals surface area (Å²) in [5.74, 6) is 1.12. The predicted molar refractivity (Wildman–Crippen MR) is 120 cm³/mol. The lowest BCUT2D eigenvalue weighted by molar-refractivity contribution is 0.388. The Hall–Kier alpha value is -4.35. The molecule has 11 heteroatoms. The van der Waals surface area contributed by atoms with Crippen molar-refractivity contribution in [3.8, 4) is 11.4 Å². The van der Waals surface area contributed by atoms with Crippen molar-refractivity contribution in [2.45, 2.75) is 13.1 Å². The summed E-state index contributed by atoms with van der Waals surface area (Å²) in [5.41, 5.74) is 7.90. The average Bonchev–Trinajstić information content (AvgIpc) is 3.29. The van der Waals surface area contributed by atoms with Gasteiger partial charge in [0.25, 0.3) is 0 Å². The first-order valence-corrected chi connectivity index (χ1v) is 9.82. The van der Waals surface area contributed by atoms with Crippen molar-refractivity contribution in [1.82, 2.24) is 19.1 Å². The third kappa shape index (κ3) is 3.41. The SMILES string of the molecule is O=c1[nH]c2c(n1Cc1cccc(NO)c1)NC=Nc1c-2ncn1Cc1ccccc1NO. The summed E-state index contributed by atoms with van der Waals surface area (Å²) in [6.45, 7) is 0.706. The van der Waals surface area contributed by atoms with Crippen LogP contribution in [0, 0.1) is 0 Å². The van der Waals surface area contributed by atoms with E-state index in [1.165, 1.54) is 6.34 Å². The molecule has 162 valence electrons. The molecule has 0 unspecified atom stereocenters. The maximum atomic E-state index is 12.8. The summed E-state index contributed by atoms with van der Waals surface area (Å²) in [4.78, 5) is 24.6. The van der Waals surface area contributed by atoms with Gasteiger partial charge in [0.05, 0.1) is 37.1 Å². The highest BCUT2D eigenvalue weighted by atomic mass is 16.5. The lowest BCUT2D eigenvalue weighted by atomic mass is 10.2. The summed E-state index contributed by atoms with van der Waals surface area (Å²) in [5, 5.41) is 21.6. The second-order valence-corrected chi connectivity index (χ2v) is 7.27. The summed E-state index contributed by atoms with van der Waals surface area (Å²) >= 11 is 0. The molecule has 2 aromatic carbocycles. The highest BCUT2D eigenvalue weighted by Crippen LogP contribution is 2.35. The Morgan fingerprint density at radius 2 is 1.91 bits per heavy atom. The molecule has 4 aromatic rings. The largest absolute Gasteiger partial charge is 0.330 e. The van der Waals surface area contributed by atoms with Crippen molar-refractivity contribution < 1.29 is 10.4 Å². The second-order valence-electron chi connectivity index (χ2n) is 7.27. The van der Waals surface area contributed by atoms with Gasteiger partial charge in [-0.3, -0.25) is 25.9 Å². The summed E-state index contributed by atoms with van der Waals surface area (Å²) in [6.07, 6.45) is 3.17. The van der Waals surface area contributed by atoms with Crippen LogP contribution < -0.4 is 22.0 Å². The van der Waals surface area contributed by atoms with E-state index in [9.17, 15) is 10.0 Å². The number of benzene rings is 2. The van der Waals surface area contributed by atoms with E-state index in [1.54, 1.807) is 35.2 Å². The molecule has 1 aliphatic heterocycles. The van der Waals surface area contributed by atoms with Crippen LogP contribution in [0.4, 0.5) is 23.0 Å². The van der Waals surface area contributed by atoms with E-state index in [2.05, 4.69) is 31.2 Å². The van der Waals surface area contributed by atoms with Gasteiger partial charge in [-0.05, 0) is 29.3 Å². The molecule has 6 N–H and O–H groups in total. The molecule has 2 aromatic heterocycles. The minimum atomic E-state index is -0.296. The lowest BCUT2D eigenvalue weighted by Crippen LogP contribution is -2.19. The molecule has 0 saturated heterocycles. The van der Waals surface area contributed by atoms with E-state index in [4.69, 9.17) is 5.21 Å². The van der Waals surface area contributed by atoms with E-state index in [-0.39, 0.29) is 12.2 Å². The molecule has 0 fully saturated rings. The van der Waals surface area contributed by atoms with Gasteiger partial charge in [-0.15, -0.1) is 0 Å². The van der Waals surface area contributed by atoms with Gasteiger partial charge in [-0.25, -0.2) is 14.8 Å². The van der Waals surface area contributed by atoms with Crippen molar-refractivity contribution in [2.24, 2.45) is 4.99 Å². The predicted octanol–water partition coefficient (Wildman–Crippen LogP) is 2.82. The fourth-order valence-corrected chi connectivity index (χ4v) is 3.77. The molecule has 0 bridgehead atoms. The number of aromatic amines is 1. The number of hydrogen-bond donors (Lipinski definition) is 6. The van der Waals surface area contributed by atoms with Crippen LogP contribution in [0.1, 0.15) is 11.1 Å². The van der Waals surface area contributed by atoms with Gasteiger partial charge < -0.3 is 14.9 Å². The summed E-state index contributed by atoms with van der Waals surface area (Å²) in [7, 11) is 0. The first-order chi connectivity index (χ1) is 15.7. The maximum absolute atomic E-state index is 12.8. The third-order valence-corrected chi connectivity index (χ3v) is 5.29. The Balaban J connectivity index is 1.52. The number of hydrogen-bond acceptors (Lipinski definition) is 8. The van der Waals surface area contributed by atoms with E-state index in [1.807, 2.05) is 28.8 Å². The van der Waals surface area contributed by atoms with Gasteiger partial charge in [0, 0.05) is 0 Å². The van der Waals surface area contributed by atoms with Gasteiger partial charge in [-0.2, -0.15) is 0 Å². The van der Waals surface area contributed by atoms with Crippen LogP contribution in [0.25, 0.3) is 11.4 Å². The van der Waals surface area contributed by atoms with Crippen LogP contribution in [-0.4, -0.2) is 35.9 Å². The van der Waals surface area contributed by atoms with Gasteiger partial charge in [0.2, 0.25) is 0 Å². The van der Waals surface area contributed by atoms with Gasteiger partial charge in [-0.1, -0.05) is 30.3 Å². The summed E-state index contributed by atoms with van der Waals surface area (Å²) in [6, 6.07) is 14.5. The van der Waals surface area contributed by atoms with Gasteiger partial charge in [0.1, 0.15) is 17.2 Å². The number of nitrogens with one attached hydrogen (secondary N) is 4. The van der Waals surface area contributed by atoms with Crippen LogP contribution in [0.3, 0.4) is 0 Å². The Morgan fingerprint density at radius 3 is 2.75 bits per heavy atom. The van der Waals surface area contributed by atoms with E-state index < -0.39 is 0 Å². The number of fused-ring (bicyclic) bond motifs is 3. The first kappa shape index (κ1) is 19.6. The Morgan fingerprint density at radius 1 is 1.03 bits per heavy atom. The number of H-pyrrole nitrogens is 1. The van der Waals surface area contributed by atoms with Crippen LogP contribution in [0.15, 0.2) is 64.6 Å². The van der Waals surface area contributed by atoms with Crippen molar-refractivity contribution in [3.63, 3.8) is 0 Å². The van der Waals surface area contributed by atoms with Crippen molar-refractivity contribution in [2.75, 3.05) is 16.3 Å². The number of para-hydroxylation sites is 1. The molecule has 3 heterocycles. The number of rotatable bonds is 6. The topological polar surface area (TPSA) is 145 Å². The Kier molecular flexibility index (Phi) is 4.94. The molecule has 0 atom stereocenters. The maximum Gasteiger partial charge on any atom is 0.327 e. The fourth-order valence-electron chi connectivity index (χ4n) is 3.77. The van der Waals surface area contributed by atoms with Crippen molar-refractivity contribution in [1.29, 1.82) is 0 Å². The summed E-state index contributed by atoms with van der Waals surface area (Å²) < 4.78 is 3.39. The van der Waals surface area contributed by atoms with Crippen LogP contribution in [0.2, 0.25) is 0 Å². The van der Waals surface area contributed by atoms with E-state index >= 15 is 0 Å². The highest BCUT2D eigenvalue weighted by molar-refractivity contribution is 5.90. The molecule has 11 nitrogen and oxygen atoms in total. The number of aliphatic imine (C=N–C) groups is 1. The molecule has 0 radical (unpaired) electrons. The van der Waals surface area contributed by atoms with E-state index in [0.29, 0.717) is 40.9 Å². The van der Waals surface area contributed by atoms with Crippen LogP contribution >= 0.6 is 0 Å². The smallest absolute Gasteiger partial charge is 0.327 e. The average molecular weight is 432 g/mol. The lowest BCUT2D eigenvalue weighted by Gasteiger charge is -2.09. The molecule has 0 aliphatic carbocycles. The van der Waals surface area contributed by atoms with Crippen LogP contribution in [0.5, 0.6) is 0 Å². The second kappa shape index (κ2) is 8.06. The minimum Gasteiger partial charge on any atom is -0.330 e. The molecule has 5 rings (SSSR count). The minimum absolute atomic E-state index is 0.284. The molecule has 0 amide bonds. The zero-order valence-electron chi connectivity index (χ0n) is 16.8. The Labute approximate surface area is 181 Å². The quantitative estimate of drug-likeness (QED) is 0.257. The highest BCUT2D eigenvalue weighted by Gasteiger charge is 2.24. The molecule has 0 spiro atoms. The van der Waals surface area contributed by atoms with Crippen molar-refractivity contribution >= 4 is 29.3 Å². The molecular formula is C21H20N8O3. The number of nitrogens with zero attached hydrogens (tertiary/aromatic N) is 4. The zero-order valence-corrected chi connectivity index (χ0v) is 16.8. The van der Waals surface area contributed by atoms with Gasteiger partial charge in [0.15, 0.2) is 5.82 Å². The fraction of sp³-hybridized carbons (Fsp3) is 0.0952.